The molecular weight excluding hydrogens is 278 g/mol. The summed E-state index contributed by atoms with van der Waals surface area (Å²) in [4.78, 5) is 4.29. The molecule has 7 heteroatoms. The first-order chi connectivity index (χ1) is 9.67. The molecule has 20 heavy (non-hydrogen) atoms. The summed E-state index contributed by atoms with van der Waals surface area (Å²) in [5.74, 6) is 5.69. The first-order valence-corrected chi connectivity index (χ1v) is 6.64. The lowest BCUT2D eigenvalue weighted by Crippen LogP contribution is -2.31. The molecular formula is C13H18ClN5O. The van der Waals surface area contributed by atoms with E-state index in [1.807, 2.05) is 19.1 Å². The molecule has 0 saturated heterocycles. The Morgan fingerprint density at radius 3 is 2.85 bits per heavy atom. The van der Waals surface area contributed by atoms with E-state index >= 15 is 0 Å². The van der Waals surface area contributed by atoms with Gasteiger partial charge in [-0.15, -0.1) is 0 Å². The molecule has 0 bridgehead atoms. The van der Waals surface area contributed by atoms with Crippen LogP contribution in [0.2, 0.25) is 5.02 Å². The van der Waals surface area contributed by atoms with Gasteiger partial charge in [-0.25, -0.2) is 5.43 Å². The van der Waals surface area contributed by atoms with Gasteiger partial charge in [-0.05, 0) is 18.6 Å². The third-order valence-electron chi connectivity index (χ3n) is 3.05. The Bertz CT molecular complexity index is 554. The number of nitrogens with two attached hydrogens (primary N) is 1. The molecule has 0 radical (unpaired) electrons. The van der Waals surface area contributed by atoms with Crippen LogP contribution in [0.4, 0.5) is 0 Å². The topological polar surface area (TPSA) is 78.0 Å². The van der Waals surface area contributed by atoms with Gasteiger partial charge in [0.1, 0.15) is 0 Å². The van der Waals surface area contributed by atoms with E-state index in [0.29, 0.717) is 18.2 Å². The van der Waals surface area contributed by atoms with Crippen molar-refractivity contribution in [2.75, 3.05) is 13.7 Å². The van der Waals surface area contributed by atoms with E-state index in [-0.39, 0.29) is 6.04 Å². The standard InChI is InChI=1S/C13H18ClN5O/c1-9-3-4-10(7-16-9)12(18-15)13-11(14)8-17-19(13)5-6-20-2/h3-4,7-8,12,18H,5-6,15H2,1-2H3. The highest BCUT2D eigenvalue weighted by molar-refractivity contribution is 6.31. The number of aryl methyl sites for hydroxylation is 1. The van der Waals surface area contributed by atoms with Crippen LogP contribution in [-0.4, -0.2) is 28.5 Å². The van der Waals surface area contributed by atoms with Gasteiger partial charge in [0.2, 0.25) is 0 Å². The third-order valence-corrected chi connectivity index (χ3v) is 3.34. The second-order valence-corrected chi connectivity index (χ2v) is 4.83. The number of hydrazine groups is 1. The third kappa shape index (κ3) is 3.16. The van der Waals surface area contributed by atoms with E-state index in [9.17, 15) is 0 Å². The second-order valence-electron chi connectivity index (χ2n) is 4.43. The summed E-state index contributed by atoms with van der Waals surface area (Å²) in [6, 6.07) is 3.63. The Kier molecular flexibility index (Phi) is 5.08. The number of nitrogens with zero attached hydrogens (tertiary/aromatic N) is 3. The fourth-order valence-corrected chi connectivity index (χ4v) is 2.25. The van der Waals surface area contributed by atoms with Crippen molar-refractivity contribution in [2.24, 2.45) is 5.84 Å². The van der Waals surface area contributed by atoms with Crippen molar-refractivity contribution >= 4 is 11.6 Å². The van der Waals surface area contributed by atoms with Gasteiger partial charge in [-0.3, -0.25) is 15.5 Å². The summed E-state index contributed by atoms with van der Waals surface area (Å²) in [7, 11) is 1.65. The maximum Gasteiger partial charge on any atom is 0.0908 e. The predicted molar refractivity (Wildman–Crippen MR) is 77.3 cm³/mol. The van der Waals surface area contributed by atoms with Crippen LogP contribution < -0.4 is 11.3 Å². The van der Waals surface area contributed by atoms with Gasteiger partial charge < -0.3 is 4.74 Å². The number of nitrogens with one attached hydrogen (secondary N) is 1. The SMILES string of the molecule is COCCn1ncc(Cl)c1C(NN)c1ccc(C)nc1. The molecule has 0 spiro atoms. The first-order valence-electron chi connectivity index (χ1n) is 6.26. The number of methoxy groups -OCH3 is 1. The first kappa shape index (κ1) is 14.9. The monoisotopic (exact) mass is 295 g/mol. The highest BCUT2D eigenvalue weighted by Crippen LogP contribution is 2.27. The van der Waals surface area contributed by atoms with E-state index in [2.05, 4.69) is 15.5 Å². The maximum atomic E-state index is 6.24. The zero-order chi connectivity index (χ0) is 14.5. The Hall–Kier alpha value is -1.47. The maximum absolute atomic E-state index is 6.24. The van der Waals surface area contributed by atoms with E-state index in [1.54, 1.807) is 24.2 Å². The molecule has 2 rings (SSSR count). The molecule has 3 N–H and O–H groups in total. The van der Waals surface area contributed by atoms with Crippen molar-refractivity contribution in [3.05, 3.63) is 46.5 Å². The van der Waals surface area contributed by atoms with Crippen molar-refractivity contribution in [1.82, 2.24) is 20.2 Å². The van der Waals surface area contributed by atoms with Crippen LogP contribution in [0.15, 0.2) is 24.5 Å². The van der Waals surface area contributed by atoms with Gasteiger partial charge >= 0.3 is 0 Å². The number of pyridine rings is 1. The molecule has 2 heterocycles. The largest absolute Gasteiger partial charge is 0.383 e. The summed E-state index contributed by atoms with van der Waals surface area (Å²) < 4.78 is 6.86. The second kappa shape index (κ2) is 6.81. The van der Waals surface area contributed by atoms with Crippen LogP contribution in [0, 0.1) is 6.92 Å². The molecule has 0 aliphatic heterocycles. The van der Waals surface area contributed by atoms with Gasteiger partial charge in [-0.2, -0.15) is 5.10 Å². The van der Waals surface area contributed by atoms with Crippen LogP contribution in [0.25, 0.3) is 0 Å². The highest BCUT2D eigenvalue weighted by atomic mass is 35.5. The lowest BCUT2D eigenvalue weighted by molar-refractivity contribution is 0.182. The Morgan fingerprint density at radius 1 is 1.45 bits per heavy atom. The number of hydrogen-bond donors (Lipinski definition) is 2. The number of aromatic nitrogens is 3. The van der Waals surface area contributed by atoms with Crippen LogP contribution in [-0.2, 0) is 11.3 Å². The Morgan fingerprint density at radius 2 is 2.25 bits per heavy atom. The van der Waals surface area contributed by atoms with Crippen molar-refractivity contribution < 1.29 is 4.74 Å². The fraction of sp³-hybridized carbons (Fsp3) is 0.385. The molecule has 1 atom stereocenters. The number of hydrogen-bond acceptors (Lipinski definition) is 5. The highest BCUT2D eigenvalue weighted by Gasteiger charge is 2.21. The molecule has 6 nitrogen and oxygen atoms in total. The molecule has 0 aromatic carbocycles. The minimum Gasteiger partial charge on any atom is -0.383 e. The number of rotatable bonds is 6. The van der Waals surface area contributed by atoms with Crippen molar-refractivity contribution in [3.8, 4) is 0 Å². The molecule has 0 amide bonds. The van der Waals surface area contributed by atoms with Crippen molar-refractivity contribution in [3.63, 3.8) is 0 Å². The molecule has 108 valence electrons. The van der Waals surface area contributed by atoms with E-state index in [4.69, 9.17) is 22.2 Å². The summed E-state index contributed by atoms with van der Waals surface area (Å²) in [6.45, 7) is 3.09. The molecule has 0 aliphatic rings. The normalized spacial score (nSPS) is 12.6. The molecule has 0 saturated carbocycles. The van der Waals surface area contributed by atoms with Crippen molar-refractivity contribution in [1.29, 1.82) is 0 Å². The molecule has 0 aliphatic carbocycles. The van der Waals surface area contributed by atoms with Crippen LogP contribution in [0.1, 0.15) is 23.0 Å². The predicted octanol–water partition coefficient (Wildman–Crippen LogP) is 1.44. The average molecular weight is 296 g/mol. The van der Waals surface area contributed by atoms with Crippen LogP contribution in [0.3, 0.4) is 0 Å². The Balaban J connectivity index is 2.35. The summed E-state index contributed by atoms with van der Waals surface area (Å²) in [5, 5.41) is 4.81. The lowest BCUT2D eigenvalue weighted by Gasteiger charge is -2.18. The zero-order valence-corrected chi connectivity index (χ0v) is 12.3. The van der Waals surface area contributed by atoms with Crippen molar-refractivity contribution in [2.45, 2.75) is 19.5 Å². The Labute approximate surface area is 122 Å². The van der Waals surface area contributed by atoms with E-state index in [1.165, 1.54) is 0 Å². The van der Waals surface area contributed by atoms with Gasteiger partial charge in [0.15, 0.2) is 0 Å². The smallest absolute Gasteiger partial charge is 0.0908 e. The lowest BCUT2D eigenvalue weighted by atomic mass is 10.1. The fourth-order valence-electron chi connectivity index (χ4n) is 2.00. The van der Waals surface area contributed by atoms with Crippen LogP contribution in [0.5, 0.6) is 0 Å². The van der Waals surface area contributed by atoms with Gasteiger partial charge in [-0.1, -0.05) is 17.7 Å². The summed E-state index contributed by atoms with van der Waals surface area (Å²) in [6.07, 6.45) is 3.39. The average Bonchev–Trinajstić information content (AvgIpc) is 2.81. The van der Waals surface area contributed by atoms with Gasteiger partial charge in [0.05, 0.1) is 36.1 Å². The van der Waals surface area contributed by atoms with Gasteiger partial charge in [0, 0.05) is 19.0 Å². The zero-order valence-electron chi connectivity index (χ0n) is 11.5. The minimum absolute atomic E-state index is 0.269. The van der Waals surface area contributed by atoms with Gasteiger partial charge in [0.25, 0.3) is 0 Å². The summed E-state index contributed by atoms with van der Waals surface area (Å²) in [5.41, 5.74) is 5.45. The molecule has 1 unspecified atom stereocenters. The summed E-state index contributed by atoms with van der Waals surface area (Å²) >= 11 is 6.24. The molecule has 0 fully saturated rings. The number of ether oxygens (including phenoxy) is 1. The molecule has 2 aromatic heterocycles. The number of halogens is 1. The van der Waals surface area contributed by atoms with E-state index < -0.39 is 0 Å². The quantitative estimate of drug-likeness (QED) is 0.623. The molecule has 2 aromatic rings. The minimum atomic E-state index is -0.269. The van der Waals surface area contributed by atoms with E-state index in [0.717, 1.165) is 17.0 Å². The van der Waals surface area contributed by atoms with Crippen LogP contribution >= 0.6 is 11.6 Å².